The Morgan fingerprint density at radius 2 is 1.84 bits per heavy atom. The standard InChI is InChI=1S/C13H19F3N2O/c1-18(12(7-8-17)13(14,15)16)9-10-3-5-11(19-2)6-4-10/h3-6,12H,7-9,17H2,1-2H3. The lowest BCUT2D eigenvalue weighted by molar-refractivity contribution is -0.182. The number of rotatable bonds is 6. The van der Waals surface area contributed by atoms with Gasteiger partial charge in [-0.05, 0) is 37.7 Å². The first-order valence-electron chi connectivity index (χ1n) is 5.98. The maximum atomic E-state index is 12.9. The summed E-state index contributed by atoms with van der Waals surface area (Å²) in [6.45, 7) is 0.227. The number of halogens is 3. The van der Waals surface area contributed by atoms with Crippen molar-refractivity contribution in [3.8, 4) is 5.75 Å². The first-order valence-corrected chi connectivity index (χ1v) is 5.98. The van der Waals surface area contributed by atoms with E-state index < -0.39 is 12.2 Å². The summed E-state index contributed by atoms with van der Waals surface area (Å²) in [7, 11) is 3.00. The molecule has 1 aromatic rings. The number of methoxy groups -OCH3 is 1. The highest BCUT2D eigenvalue weighted by Crippen LogP contribution is 2.27. The number of nitrogens with two attached hydrogens (primary N) is 1. The predicted octanol–water partition coefficient (Wildman–Crippen LogP) is 2.41. The highest BCUT2D eigenvalue weighted by Gasteiger charge is 2.41. The van der Waals surface area contributed by atoms with Crippen LogP contribution in [0, 0.1) is 0 Å². The molecule has 0 spiro atoms. The molecule has 2 N–H and O–H groups in total. The second-order valence-corrected chi connectivity index (χ2v) is 4.40. The first kappa shape index (κ1) is 15.8. The second kappa shape index (κ2) is 6.77. The zero-order valence-corrected chi connectivity index (χ0v) is 11.1. The van der Waals surface area contributed by atoms with Crippen molar-refractivity contribution in [3.05, 3.63) is 29.8 Å². The fourth-order valence-corrected chi connectivity index (χ4v) is 1.92. The minimum atomic E-state index is -4.26. The summed E-state index contributed by atoms with van der Waals surface area (Å²) in [5.41, 5.74) is 6.05. The van der Waals surface area contributed by atoms with Gasteiger partial charge in [-0.3, -0.25) is 4.90 Å². The molecule has 0 aliphatic carbocycles. The van der Waals surface area contributed by atoms with Gasteiger partial charge in [-0.1, -0.05) is 12.1 Å². The van der Waals surface area contributed by atoms with Crippen molar-refractivity contribution in [3.63, 3.8) is 0 Å². The lowest BCUT2D eigenvalue weighted by atomic mass is 10.1. The van der Waals surface area contributed by atoms with Gasteiger partial charge >= 0.3 is 6.18 Å². The molecule has 0 aliphatic rings. The van der Waals surface area contributed by atoms with Crippen molar-refractivity contribution in [1.82, 2.24) is 4.90 Å². The quantitative estimate of drug-likeness (QED) is 0.867. The summed E-state index contributed by atoms with van der Waals surface area (Å²) in [6, 6.07) is 5.46. The predicted molar refractivity (Wildman–Crippen MR) is 68.0 cm³/mol. The SMILES string of the molecule is COc1ccc(CN(C)C(CCN)C(F)(F)F)cc1. The van der Waals surface area contributed by atoms with E-state index in [1.807, 2.05) is 0 Å². The van der Waals surface area contributed by atoms with Gasteiger partial charge in [-0.15, -0.1) is 0 Å². The molecule has 0 saturated carbocycles. The second-order valence-electron chi connectivity index (χ2n) is 4.40. The van der Waals surface area contributed by atoms with Crippen LogP contribution in [0.25, 0.3) is 0 Å². The topological polar surface area (TPSA) is 38.5 Å². The average Bonchev–Trinajstić information content (AvgIpc) is 2.35. The number of nitrogens with zero attached hydrogens (tertiary/aromatic N) is 1. The Morgan fingerprint density at radius 1 is 1.26 bits per heavy atom. The molecule has 0 aromatic heterocycles. The zero-order chi connectivity index (χ0) is 14.5. The van der Waals surface area contributed by atoms with E-state index in [0.29, 0.717) is 5.75 Å². The molecule has 19 heavy (non-hydrogen) atoms. The molecule has 0 heterocycles. The van der Waals surface area contributed by atoms with E-state index in [9.17, 15) is 13.2 Å². The lowest BCUT2D eigenvalue weighted by Gasteiger charge is -2.29. The van der Waals surface area contributed by atoms with Gasteiger partial charge in [0.1, 0.15) is 11.8 Å². The maximum absolute atomic E-state index is 12.9. The molecule has 0 radical (unpaired) electrons. The zero-order valence-electron chi connectivity index (χ0n) is 11.1. The molecule has 1 unspecified atom stereocenters. The summed E-state index contributed by atoms with van der Waals surface area (Å²) in [4.78, 5) is 1.27. The molecule has 0 aliphatic heterocycles. The van der Waals surface area contributed by atoms with Crippen molar-refractivity contribution in [2.24, 2.45) is 5.73 Å². The Labute approximate surface area is 111 Å². The van der Waals surface area contributed by atoms with Crippen LogP contribution in [0.5, 0.6) is 5.75 Å². The number of benzene rings is 1. The smallest absolute Gasteiger partial charge is 0.404 e. The Bertz CT molecular complexity index is 378. The van der Waals surface area contributed by atoms with Crippen LogP contribution >= 0.6 is 0 Å². The van der Waals surface area contributed by atoms with Crippen LogP contribution in [0.3, 0.4) is 0 Å². The normalized spacial score (nSPS) is 13.6. The molecule has 6 heteroatoms. The Morgan fingerprint density at radius 3 is 2.26 bits per heavy atom. The first-order chi connectivity index (χ1) is 8.88. The van der Waals surface area contributed by atoms with Gasteiger partial charge in [-0.25, -0.2) is 0 Å². The number of ether oxygens (including phenoxy) is 1. The number of hydrogen-bond acceptors (Lipinski definition) is 3. The van der Waals surface area contributed by atoms with Crippen molar-refractivity contribution in [2.45, 2.75) is 25.2 Å². The van der Waals surface area contributed by atoms with Crippen LogP contribution in [-0.4, -0.2) is 37.8 Å². The van der Waals surface area contributed by atoms with E-state index in [0.717, 1.165) is 5.56 Å². The highest BCUT2D eigenvalue weighted by molar-refractivity contribution is 5.27. The number of alkyl halides is 3. The van der Waals surface area contributed by atoms with Gasteiger partial charge in [-0.2, -0.15) is 13.2 Å². The van der Waals surface area contributed by atoms with Gasteiger partial charge in [0.25, 0.3) is 0 Å². The molecular formula is C13H19F3N2O. The van der Waals surface area contributed by atoms with E-state index >= 15 is 0 Å². The Balaban J connectivity index is 2.72. The molecule has 0 amide bonds. The summed E-state index contributed by atoms with van der Waals surface area (Å²) < 4.78 is 43.6. The van der Waals surface area contributed by atoms with Crippen LogP contribution < -0.4 is 10.5 Å². The Hall–Kier alpha value is -1.27. The summed E-state index contributed by atoms with van der Waals surface area (Å²) >= 11 is 0. The van der Waals surface area contributed by atoms with Gasteiger partial charge in [0.15, 0.2) is 0 Å². The lowest BCUT2D eigenvalue weighted by Crippen LogP contribution is -2.44. The van der Waals surface area contributed by atoms with E-state index in [2.05, 4.69) is 0 Å². The van der Waals surface area contributed by atoms with E-state index in [1.165, 1.54) is 11.9 Å². The van der Waals surface area contributed by atoms with E-state index in [4.69, 9.17) is 10.5 Å². The largest absolute Gasteiger partial charge is 0.497 e. The molecular weight excluding hydrogens is 257 g/mol. The Kier molecular flexibility index (Phi) is 5.62. The number of hydrogen-bond donors (Lipinski definition) is 1. The van der Waals surface area contributed by atoms with E-state index in [-0.39, 0.29) is 19.5 Å². The molecule has 0 saturated heterocycles. The molecule has 108 valence electrons. The molecule has 1 atom stereocenters. The summed E-state index contributed by atoms with van der Waals surface area (Å²) in [6.07, 6.45) is -4.36. The fourth-order valence-electron chi connectivity index (χ4n) is 1.92. The van der Waals surface area contributed by atoms with Crippen molar-refractivity contribution in [2.75, 3.05) is 20.7 Å². The van der Waals surface area contributed by atoms with Gasteiger partial charge < -0.3 is 10.5 Å². The van der Waals surface area contributed by atoms with Crippen molar-refractivity contribution in [1.29, 1.82) is 0 Å². The summed E-state index contributed by atoms with van der Waals surface area (Å²) in [5, 5.41) is 0. The van der Waals surface area contributed by atoms with Crippen molar-refractivity contribution >= 4 is 0 Å². The summed E-state index contributed by atoms with van der Waals surface area (Å²) in [5.74, 6) is 0.681. The van der Waals surface area contributed by atoms with Crippen LogP contribution in [-0.2, 0) is 6.54 Å². The highest BCUT2D eigenvalue weighted by atomic mass is 19.4. The average molecular weight is 276 g/mol. The third-order valence-corrected chi connectivity index (χ3v) is 2.94. The minimum absolute atomic E-state index is 0.0110. The molecule has 0 fully saturated rings. The van der Waals surface area contributed by atoms with Crippen LogP contribution in [0.2, 0.25) is 0 Å². The van der Waals surface area contributed by atoms with Gasteiger partial charge in [0, 0.05) is 6.54 Å². The molecule has 3 nitrogen and oxygen atoms in total. The minimum Gasteiger partial charge on any atom is -0.497 e. The third kappa shape index (κ3) is 4.72. The fraction of sp³-hybridized carbons (Fsp3) is 0.538. The van der Waals surface area contributed by atoms with Crippen LogP contribution in [0.1, 0.15) is 12.0 Å². The molecule has 1 rings (SSSR count). The van der Waals surface area contributed by atoms with Crippen molar-refractivity contribution < 1.29 is 17.9 Å². The monoisotopic (exact) mass is 276 g/mol. The van der Waals surface area contributed by atoms with Gasteiger partial charge in [0.05, 0.1) is 7.11 Å². The third-order valence-electron chi connectivity index (χ3n) is 2.94. The van der Waals surface area contributed by atoms with Gasteiger partial charge in [0.2, 0.25) is 0 Å². The van der Waals surface area contributed by atoms with E-state index in [1.54, 1.807) is 31.4 Å². The van der Waals surface area contributed by atoms with Crippen LogP contribution in [0.4, 0.5) is 13.2 Å². The molecule has 0 bridgehead atoms. The maximum Gasteiger partial charge on any atom is 0.404 e. The van der Waals surface area contributed by atoms with Crippen LogP contribution in [0.15, 0.2) is 24.3 Å². The molecule has 1 aromatic carbocycles.